The van der Waals surface area contributed by atoms with Crippen LogP contribution in [0.5, 0.6) is 0 Å². The average Bonchev–Trinajstić information content (AvgIpc) is 3.05. The molecule has 3 aromatic rings. The summed E-state index contributed by atoms with van der Waals surface area (Å²) in [7, 11) is -2.19. The Bertz CT molecular complexity index is 969. The van der Waals surface area contributed by atoms with Crippen molar-refractivity contribution in [3.63, 3.8) is 0 Å². The molecule has 0 aromatic heterocycles. The summed E-state index contributed by atoms with van der Waals surface area (Å²) in [5, 5.41) is 15.0. The van der Waals surface area contributed by atoms with Crippen LogP contribution in [-0.2, 0) is 28.8 Å². The standard InChI is InChI=1S/C18H15P.C8H12.C6H12BO3.Rh/c1-4-10-16(11-5-1)19(17-12-6-2-7-13-17)18-14-8-3-9-15-18;1-2-4-6-8-7-5-3-1;1-5(2)6(3,4)10-7(8)9-5;/h1-15H;1-2,7-8H,3-6H2;1-4H3;/q;;-1;/p+1/b;2-1-,8-7-;;. The van der Waals surface area contributed by atoms with E-state index in [2.05, 4.69) is 115 Å². The van der Waals surface area contributed by atoms with Gasteiger partial charge in [-0.25, -0.2) is 0 Å². The Hall–Kier alpha value is -1.86. The van der Waals surface area contributed by atoms with Crippen molar-refractivity contribution in [2.45, 2.75) is 64.6 Å². The van der Waals surface area contributed by atoms with Gasteiger partial charge >= 0.3 is 7.32 Å². The Labute approximate surface area is 244 Å². The van der Waals surface area contributed by atoms with E-state index in [0.717, 1.165) is 0 Å². The zero-order valence-electron chi connectivity index (χ0n) is 22.9. The molecule has 38 heavy (non-hydrogen) atoms. The van der Waals surface area contributed by atoms with Crippen LogP contribution in [0, 0.1) is 0 Å². The third kappa shape index (κ3) is 10.0. The maximum absolute atomic E-state index is 10.7. The van der Waals surface area contributed by atoms with Gasteiger partial charge in [-0.2, -0.15) is 0 Å². The number of benzene rings is 3. The summed E-state index contributed by atoms with van der Waals surface area (Å²) in [4.78, 5) is 0. The minimum Gasteiger partial charge on any atom is -0.832 e. The number of hydrogen-bond acceptors (Lipinski definition) is 3. The van der Waals surface area contributed by atoms with Gasteiger partial charge in [0.05, 0.1) is 19.1 Å². The Morgan fingerprint density at radius 3 is 1.03 bits per heavy atom. The number of allylic oxidation sites excluding steroid dienone is 4. The van der Waals surface area contributed by atoms with Crippen LogP contribution >= 0.6 is 7.92 Å². The third-order valence-electron chi connectivity index (χ3n) is 6.75. The van der Waals surface area contributed by atoms with Gasteiger partial charge in [0.1, 0.15) is 15.9 Å². The molecule has 1 aliphatic heterocycles. The van der Waals surface area contributed by atoms with Crippen LogP contribution in [0.15, 0.2) is 115 Å². The summed E-state index contributed by atoms with van der Waals surface area (Å²) >= 11 is 0. The molecule has 2 aliphatic rings. The van der Waals surface area contributed by atoms with Gasteiger partial charge in [0, 0.05) is 19.5 Å². The second-order valence-corrected chi connectivity index (χ2v) is 12.6. The van der Waals surface area contributed by atoms with Crippen molar-refractivity contribution in [3.05, 3.63) is 115 Å². The molecule has 0 unspecified atom stereocenters. The first-order valence-electron chi connectivity index (χ1n) is 13.1. The van der Waals surface area contributed by atoms with Crippen molar-refractivity contribution in [3.8, 4) is 0 Å². The summed E-state index contributed by atoms with van der Waals surface area (Å²) in [6, 6.07) is 32.5. The quantitative estimate of drug-likeness (QED) is 0.213. The monoisotopic (exact) mass is 617 g/mol. The fourth-order valence-electron chi connectivity index (χ4n) is 3.96. The molecule has 1 radical (unpaired) electrons. The molecule has 0 saturated carbocycles. The molecule has 1 fully saturated rings. The molecule has 3 nitrogen and oxygen atoms in total. The van der Waals surface area contributed by atoms with Crippen LogP contribution in [0.25, 0.3) is 0 Å². The van der Waals surface area contributed by atoms with Crippen molar-refractivity contribution < 1.29 is 33.8 Å². The first-order chi connectivity index (χ1) is 17.8. The van der Waals surface area contributed by atoms with Gasteiger partial charge in [0.15, 0.2) is 0 Å². The maximum atomic E-state index is 10.7. The predicted octanol–water partition coefficient (Wildman–Crippen LogP) is 5.78. The maximum Gasteiger partial charge on any atom is 0.346 e. The number of rotatable bonds is 3. The van der Waals surface area contributed by atoms with E-state index in [4.69, 9.17) is 9.31 Å². The molecule has 0 spiro atoms. The first kappa shape index (κ1) is 32.4. The van der Waals surface area contributed by atoms with Crippen molar-refractivity contribution in [1.29, 1.82) is 0 Å². The molecule has 6 heteroatoms. The third-order valence-corrected chi connectivity index (χ3v) is 9.48. The van der Waals surface area contributed by atoms with Crippen LogP contribution in [0.3, 0.4) is 0 Å². The second-order valence-electron chi connectivity index (χ2n) is 10.1. The van der Waals surface area contributed by atoms with Gasteiger partial charge in [0.25, 0.3) is 0 Å². The smallest absolute Gasteiger partial charge is 0.346 e. The molecule has 3 aromatic carbocycles. The van der Waals surface area contributed by atoms with Gasteiger partial charge in [-0.15, -0.1) is 0 Å². The van der Waals surface area contributed by atoms with Crippen LogP contribution < -0.4 is 20.9 Å². The molecule has 203 valence electrons. The molecule has 0 atom stereocenters. The van der Waals surface area contributed by atoms with Gasteiger partial charge in [-0.3, -0.25) is 0 Å². The van der Waals surface area contributed by atoms with E-state index in [0.29, 0.717) is 0 Å². The molecule has 5 rings (SSSR count). The molecule has 0 amide bonds. The summed E-state index contributed by atoms with van der Waals surface area (Å²) in [5.74, 6) is 0. The van der Waals surface area contributed by atoms with Crippen molar-refractivity contribution in [1.82, 2.24) is 0 Å². The van der Waals surface area contributed by atoms with Crippen LogP contribution in [0.2, 0.25) is 0 Å². The Kier molecular flexibility index (Phi) is 13.9. The molecule has 0 bridgehead atoms. The van der Waals surface area contributed by atoms with E-state index in [1.54, 1.807) is 0 Å². The predicted molar refractivity (Wildman–Crippen MR) is 159 cm³/mol. The molecule has 1 saturated heterocycles. The fraction of sp³-hybridized carbons (Fsp3) is 0.312. The normalized spacial score (nSPS) is 18.8. The van der Waals surface area contributed by atoms with Gasteiger partial charge in [0.2, 0.25) is 0 Å². The molecule has 1 heterocycles. The van der Waals surface area contributed by atoms with Gasteiger partial charge in [-0.05, 0) is 89.8 Å². The Morgan fingerprint density at radius 2 is 0.816 bits per heavy atom. The minimum absolute atomic E-state index is 0. The Balaban J connectivity index is 0.000000225. The van der Waals surface area contributed by atoms with Crippen LogP contribution in [-0.4, -0.2) is 18.5 Å². The fourth-order valence-corrected chi connectivity index (χ4v) is 6.54. The Morgan fingerprint density at radius 1 is 0.553 bits per heavy atom. The SMILES string of the molecule is C1=C\CC/C=C\CC/1.CC1(C)OB([O-])OC1(C)C.[Rh].c1ccc([PH+](c2ccccc2)c2ccccc2)cc1. The summed E-state index contributed by atoms with van der Waals surface area (Å²) < 4.78 is 9.97. The molecular formula is C32H40BO3PRh. The largest absolute Gasteiger partial charge is 0.832 e. The molecular weight excluding hydrogens is 577 g/mol. The summed E-state index contributed by atoms with van der Waals surface area (Å²) in [6.07, 6.45) is 14.0. The summed E-state index contributed by atoms with van der Waals surface area (Å²) in [5.41, 5.74) is -0.946. The number of hydrogen-bond donors (Lipinski definition) is 0. The zero-order chi connectivity index (χ0) is 26.6. The van der Waals surface area contributed by atoms with E-state index in [1.165, 1.54) is 41.6 Å². The molecule has 0 N–H and O–H groups in total. The second kappa shape index (κ2) is 16.3. The zero-order valence-corrected chi connectivity index (χ0v) is 25.6. The van der Waals surface area contributed by atoms with E-state index in [1.807, 2.05) is 27.7 Å². The topological polar surface area (TPSA) is 41.5 Å². The van der Waals surface area contributed by atoms with Crippen LogP contribution in [0.1, 0.15) is 53.4 Å². The van der Waals surface area contributed by atoms with Gasteiger partial charge < -0.3 is 14.3 Å². The van der Waals surface area contributed by atoms with E-state index in [-0.39, 0.29) is 19.5 Å². The van der Waals surface area contributed by atoms with E-state index in [9.17, 15) is 5.02 Å². The van der Waals surface area contributed by atoms with Crippen molar-refractivity contribution in [2.75, 3.05) is 0 Å². The van der Waals surface area contributed by atoms with Crippen LogP contribution in [0.4, 0.5) is 0 Å². The average molecular weight is 617 g/mol. The summed E-state index contributed by atoms with van der Waals surface area (Å²) in [6.45, 7) is 7.41. The van der Waals surface area contributed by atoms with E-state index < -0.39 is 26.4 Å². The molecule has 1 aliphatic carbocycles. The van der Waals surface area contributed by atoms with E-state index >= 15 is 0 Å². The minimum atomic E-state index is -1.31. The van der Waals surface area contributed by atoms with Crippen molar-refractivity contribution >= 4 is 31.2 Å². The first-order valence-corrected chi connectivity index (χ1v) is 14.6. The van der Waals surface area contributed by atoms with Crippen molar-refractivity contribution in [2.24, 2.45) is 0 Å². The van der Waals surface area contributed by atoms with Gasteiger partial charge in [-0.1, -0.05) is 78.9 Å².